The van der Waals surface area contributed by atoms with Gasteiger partial charge in [-0.15, -0.1) is 11.8 Å². The first-order valence-electron chi connectivity index (χ1n) is 5.31. The molecule has 0 saturated carbocycles. The van der Waals surface area contributed by atoms with Crippen LogP contribution in [0.15, 0.2) is 21.1 Å². The molecule has 0 saturated heterocycles. The van der Waals surface area contributed by atoms with Gasteiger partial charge in [0.05, 0.1) is 0 Å². The summed E-state index contributed by atoms with van der Waals surface area (Å²) >= 11 is 1.84. The van der Waals surface area contributed by atoms with Crippen LogP contribution in [-0.2, 0) is 0 Å². The minimum Gasteiger partial charge on any atom is -0.370 e. The van der Waals surface area contributed by atoms with E-state index in [4.69, 9.17) is 5.73 Å². The minimum atomic E-state index is -0.108. The Hall–Kier alpha value is -1.17. The van der Waals surface area contributed by atoms with E-state index in [2.05, 4.69) is 32.5 Å². The van der Waals surface area contributed by atoms with Crippen molar-refractivity contribution in [3.8, 4) is 0 Å². The highest BCUT2D eigenvalue weighted by molar-refractivity contribution is 8.02. The second kappa shape index (κ2) is 4.37. The lowest BCUT2D eigenvalue weighted by Gasteiger charge is -2.28. The van der Waals surface area contributed by atoms with E-state index in [0.29, 0.717) is 11.9 Å². The lowest BCUT2D eigenvalue weighted by atomic mass is 10.1. The highest BCUT2D eigenvalue weighted by atomic mass is 32.2. The van der Waals surface area contributed by atoms with Gasteiger partial charge in [-0.05, 0) is 12.3 Å². The molecule has 0 amide bonds. The average Bonchev–Trinajstić information content (AvgIpc) is 2.62. The number of nitrogens with one attached hydrogen (secondary N) is 1. The third-order valence-electron chi connectivity index (χ3n) is 2.64. The van der Waals surface area contributed by atoms with Gasteiger partial charge >= 0.3 is 0 Å². The summed E-state index contributed by atoms with van der Waals surface area (Å²) in [6.45, 7) is 4.13. The van der Waals surface area contributed by atoms with Crippen LogP contribution in [0.5, 0.6) is 0 Å². The molecule has 0 radical (unpaired) electrons. The van der Waals surface area contributed by atoms with E-state index in [1.807, 2.05) is 25.7 Å². The fourth-order valence-electron chi connectivity index (χ4n) is 1.77. The molecule has 2 unspecified atom stereocenters. The molecular formula is C10H17N5S. The van der Waals surface area contributed by atoms with Gasteiger partial charge in [0.1, 0.15) is 6.17 Å². The topological polar surface area (TPSA) is 66.0 Å². The van der Waals surface area contributed by atoms with Crippen LogP contribution >= 0.6 is 11.8 Å². The van der Waals surface area contributed by atoms with Gasteiger partial charge in [0, 0.05) is 24.4 Å². The molecule has 2 aliphatic rings. The summed E-state index contributed by atoms with van der Waals surface area (Å²) in [4.78, 5) is 10.6. The third kappa shape index (κ3) is 2.16. The maximum absolute atomic E-state index is 5.69. The molecule has 2 rings (SSSR count). The fraction of sp³-hybridized carbons (Fsp3) is 0.600. The van der Waals surface area contributed by atoms with E-state index in [0.717, 1.165) is 11.7 Å². The summed E-state index contributed by atoms with van der Waals surface area (Å²) in [6.07, 6.45) is -0.108. The Kier molecular flexibility index (Phi) is 3.09. The van der Waals surface area contributed by atoms with Gasteiger partial charge in [-0.2, -0.15) is 0 Å². The molecule has 0 aromatic carbocycles. The average molecular weight is 239 g/mol. The van der Waals surface area contributed by atoms with Crippen molar-refractivity contribution in [2.45, 2.75) is 20.0 Å². The van der Waals surface area contributed by atoms with Crippen molar-refractivity contribution >= 4 is 23.7 Å². The second-order valence-electron chi connectivity index (χ2n) is 4.06. The molecule has 0 fully saturated rings. The standard InChI is InChI=1S/C10H17N5S/c1-6-4-16-5-8(6)15(3)10-13-7(2)12-9(11)14-10/h5-7H,4H2,1-3H3,(H3,11,12,13,14). The van der Waals surface area contributed by atoms with E-state index >= 15 is 0 Å². The molecule has 0 aromatic heterocycles. The largest absolute Gasteiger partial charge is 0.370 e. The summed E-state index contributed by atoms with van der Waals surface area (Å²) in [7, 11) is 2.01. The number of aliphatic imine (C=N–C) groups is 2. The maximum Gasteiger partial charge on any atom is 0.207 e. The van der Waals surface area contributed by atoms with Gasteiger partial charge in [0.2, 0.25) is 5.96 Å². The van der Waals surface area contributed by atoms with Gasteiger partial charge in [0.15, 0.2) is 5.96 Å². The number of hydrogen-bond acceptors (Lipinski definition) is 6. The van der Waals surface area contributed by atoms with Gasteiger partial charge < -0.3 is 10.6 Å². The predicted octanol–water partition coefficient (Wildman–Crippen LogP) is 0.762. The van der Waals surface area contributed by atoms with Gasteiger partial charge in [0.25, 0.3) is 0 Å². The molecular weight excluding hydrogens is 222 g/mol. The van der Waals surface area contributed by atoms with E-state index in [1.165, 1.54) is 5.70 Å². The molecule has 0 aliphatic carbocycles. The number of guanidine groups is 2. The Balaban J connectivity index is 2.14. The fourth-order valence-corrected chi connectivity index (χ4v) is 2.88. The third-order valence-corrected chi connectivity index (χ3v) is 3.74. The zero-order valence-electron chi connectivity index (χ0n) is 9.77. The van der Waals surface area contributed by atoms with Crippen LogP contribution in [0.1, 0.15) is 13.8 Å². The Morgan fingerprint density at radius 2 is 2.25 bits per heavy atom. The Bertz CT molecular complexity index is 373. The first-order chi connectivity index (χ1) is 7.58. The molecule has 3 N–H and O–H groups in total. The quantitative estimate of drug-likeness (QED) is 0.709. The SMILES string of the molecule is CC1N=C(N)NC(N(C)C2=CSCC2C)=N1. The maximum atomic E-state index is 5.69. The van der Waals surface area contributed by atoms with Crippen LogP contribution in [0, 0.1) is 5.92 Å². The molecule has 6 heteroatoms. The normalized spacial score (nSPS) is 29.1. The molecule has 5 nitrogen and oxygen atoms in total. The molecule has 2 atom stereocenters. The lowest BCUT2D eigenvalue weighted by Crippen LogP contribution is -2.48. The number of nitrogens with zero attached hydrogens (tertiary/aromatic N) is 3. The van der Waals surface area contributed by atoms with Gasteiger partial charge in [-0.3, -0.25) is 5.32 Å². The summed E-state index contributed by atoms with van der Waals surface area (Å²) in [6, 6.07) is 0. The molecule has 2 heterocycles. The molecule has 0 spiro atoms. The Morgan fingerprint density at radius 3 is 2.81 bits per heavy atom. The first-order valence-corrected chi connectivity index (χ1v) is 6.36. The summed E-state index contributed by atoms with van der Waals surface area (Å²) in [5.74, 6) is 2.89. The van der Waals surface area contributed by atoms with Crippen LogP contribution in [0.3, 0.4) is 0 Å². The number of rotatable bonds is 1. The van der Waals surface area contributed by atoms with Crippen LogP contribution in [-0.4, -0.2) is 35.8 Å². The zero-order chi connectivity index (χ0) is 11.7. The smallest absolute Gasteiger partial charge is 0.207 e. The van der Waals surface area contributed by atoms with Crippen LogP contribution < -0.4 is 11.1 Å². The second-order valence-corrected chi connectivity index (χ2v) is 4.96. The van der Waals surface area contributed by atoms with Crippen molar-refractivity contribution < 1.29 is 0 Å². The number of allylic oxidation sites excluding steroid dienone is 1. The van der Waals surface area contributed by atoms with Crippen molar-refractivity contribution in [2.24, 2.45) is 21.6 Å². The predicted molar refractivity (Wildman–Crippen MR) is 69.1 cm³/mol. The highest BCUT2D eigenvalue weighted by Gasteiger charge is 2.23. The molecule has 0 aromatic rings. The van der Waals surface area contributed by atoms with Gasteiger partial charge in [-0.1, -0.05) is 6.92 Å². The van der Waals surface area contributed by atoms with E-state index in [9.17, 15) is 0 Å². The Morgan fingerprint density at radius 1 is 1.50 bits per heavy atom. The number of thioether (sulfide) groups is 1. The molecule has 88 valence electrons. The van der Waals surface area contributed by atoms with E-state index in [1.54, 1.807) is 0 Å². The molecule has 16 heavy (non-hydrogen) atoms. The molecule has 0 bridgehead atoms. The van der Waals surface area contributed by atoms with E-state index in [-0.39, 0.29) is 6.17 Å². The van der Waals surface area contributed by atoms with Crippen LogP contribution in [0.4, 0.5) is 0 Å². The summed E-state index contributed by atoms with van der Waals surface area (Å²) < 4.78 is 0. The van der Waals surface area contributed by atoms with Crippen LogP contribution in [0.2, 0.25) is 0 Å². The van der Waals surface area contributed by atoms with Crippen molar-refractivity contribution in [3.63, 3.8) is 0 Å². The van der Waals surface area contributed by atoms with Crippen molar-refractivity contribution in [1.29, 1.82) is 0 Å². The van der Waals surface area contributed by atoms with Gasteiger partial charge in [-0.25, -0.2) is 9.98 Å². The zero-order valence-corrected chi connectivity index (χ0v) is 10.6. The first kappa shape index (κ1) is 11.3. The minimum absolute atomic E-state index is 0.108. The Labute approximate surface area is 99.9 Å². The van der Waals surface area contributed by atoms with E-state index < -0.39 is 0 Å². The van der Waals surface area contributed by atoms with Crippen molar-refractivity contribution in [3.05, 3.63) is 11.1 Å². The summed E-state index contributed by atoms with van der Waals surface area (Å²) in [5.41, 5.74) is 6.97. The highest BCUT2D eigenvalue weighted by Crippen LogP contribution is 2.29. The lowest BCUT2D eigenvalue weighted by molar-refractivity contribution is 0.518. The van der Waals surface area contributed by atoms with Crippen molar-refractivity contribution in [2.75, 3.05) is 12.8 Å². The summed E-state index contributed by atoms with van der Waals surface area (Å²) in [5, 5.41) is 5.18. The number of hydrogen-bond donors (Lipinski definition) is 2. The van der Waals surface area contributed by atoms with Crippen molar-refractivity contribution in [1.82, 2.24) is 10.2 Å². The van der Waals surface area contributed by atoms with Crippen LogP contribution in [0.25, 0.3) is 0 Å². The monoisotopic (exact) mass is 239 g/mol. The molecule has 2 aliphatic heterocycles. The number of nitrogens with two attached hydrogens (primary N) is 1.